The molecule has 0 radical (unpaired) electrons. The molecule has 406 valence electrons. The molecule has 0 aliphatic carbocycles. The van der Waals surface area contributed by atoms with Gasteiger partial charge in [0.1, 0.15) is 0 Å². The predicted molar refractivity (Wildman–Crippen MR) is 352 cm³/mol. The summed E-state index contributed by atoms with van der Waals surface area (Å²) in [6, 6.07) is 67.0. The average Bonchev–Trinajstić information content (AvgIpc) is 4.26. The van der Waals surface area contributed by atoms with E-state index in [9.17, 15) is 0 Å². The Morgan fingerprint density at radius 2 is 0.696 bits per heavy atom. The molecule has 3 heteroatoms. The maximum Gasteiger partial charge on any atom is 0.0462 e. The topological polar surface area (TPSA) is 3.24 Å². The van der Waals surface area contributed by atoms with E-state index in [2.05, 4.69) is 209 Å². The van der Waals surface area contributed by atoms with Crippen molar-refractivity contribution in [3.8, 4) is 43.8 Å². The van der Waals surface area contributed by atoms with Crippen molar-refractivity contribution in [2.24, 2.45) is 0 Å². The number of rotatable bonds is 29. The van der Waals surface area contributed by atoms with Gasteiger partial charge in [0.05, 0.1) is 0 Å². The Morgan fingerprint density at radius 1 is 0.316 bits per heavy atom. The Bertz CT molecular complexity index is 3450. The van der Waals surface area contributed by atoms with Gasteiger partial charge >= 0.3 is 0 Å². The SMILES string of the molecule is CCCCCCCCCCCCc1ccc(-c2c(C)sc3ccc4c(ccc5sc(-c6ccc(N(c7ccc(C)cc7)c7ccc(-c8ccccc8)cc7)cc6)c(-c6ccc(CCCCCCCCCCCC)cc6)c54)c23)cc1. The molecule has 0 fully saturated rings. The van der Waals surface area contributed by atoms with Crippen LogP contribution in [0.25, 0.3) is 74.8 Å². The van der Waals surface area contributed by atoms with Crippen molar-refractivity contribution in [2.45, 2.75) is 169 Å². The number of thiophene rings is 2. The zero-order valence-corrected chi connectivity index (χ0v) is 49.7. The highest BCUT2D eigenvalue weighted by Crippen LogP contribution is 2.51. The highest BCUT2D eigenvalue weighted by atomic mass is 32.1. The van der Waals surface area contributed by atoms with Crippen LogP contribution in [0.2, 0.25) is 0 Å². The fourth-order valence-corrected chi connectivity index (χ4v) is 14.5. The van der Waals surface area contributed by atoms with Crippen molar-refractivity contribution >= 4 is 70.7 Å². The highest BCUT2D eigenvalue weighted by Gasteiger charge is 2.22. The maximum atomic E-state index is 2.43. The first-order chi connectivity index (χ1) is 39.0. The molecule has 0 N–H and O–H groups in total. The number of hydrogen-bond acceptors (Lipinski definition) is 3. The van der Waals surface area contributed by atoms with E-state index < -0.39 is 0 Å². The molecule has 2 aromatic heterocycles. The lowest BCUT2D eigenvalue weighted by Gasteiger charge is -2.26. The number of anilines is 3. The summed E-state index contributed by atoms with van der Waals surface area (Å²) >= 11 is 3.89. The average molecular weight is 1080 g/mol. The van der Waals surface area contributed by atoms with E-state index in [0.29, 0.717) is 0 Å². The largest absolute Gasteiger partial charge is 0.311 e. The van der Waals surface area contributed by atoms with E-state index in [1.54, 1.807) is 0 Å². The Labute approximate surface area is 482 Å². The van der Waals surface area contributed by atoms with Crippen LogP contribution in [0.3, 0.4) is 0 Å². The van der Waals surface area contributed by atoms with Gasteiger partial charge < -0.3 is 4.90 Å². The normalized spacial score (nSPS) is 11.6. The molecule has 0 atom stereocenters. The summed E-state index contributed by atoms with van der Waals surface area (Å²) in [5.41, 5.74) is 16.6. The molecule has 0 spiro atoms. The van der Waals surface area contributed by atoms with Gasteiger partial charge in [-0.25, -0.2) is 0 Å². The minimum Gasteiger partial charge on any atom is -0.311 e. The van der Waals surface area contributed by atoms with Crippen molar-refractivity contribution < 1.29 is 0 Å². The van der Waals surface area contributed by atoms with E-state index in [1.807, 2.05) is 22.7 Å². The van der Waals surface area contributed by atoms with Gasteiger partial charge in [-0.05, 0) is 138 Å². The molecule has 0 bridgehead atoms. The standard InChI is InChI=1S/C76H85NS2/c1-5-7-9-11-13-15-17-19-21-24-28-58-34-38-62(39-35-58)72-57(4)78-70-54-52-69-68(74(70)72)53-55-71-75(69)73(63-40-36-59(37-41-63)29-25-22-20-18-16-14-12-10-8-6-2)76(79-71)64-44-50-67(51-45-64)77(65-46-32-56(3)33-47-65)66-48-42-61(43-49-66)60-30-26-23-27-31-60/h23,26-27,30-55H,5-22,24-25,28-29H2,1-4H3. The van der Waals surface area contributed by atoms with Gasteiger partial charge in [-0.15, -0.1) is 22.7 Å². The monoisotopic (exact) mass is 1080 g/mol. The number of aryl methyl sites for hydroxylation is 4. The quantitative estimate of drug-likeness (QED) is 0.0423. The summed E-state index contributed by atoms with van der Waals surface area (Å²) in [5.74, 6) is 0. The second-order valence-corrected chi connectivity index (χ2v) is 25.0. The lowest BCUT2D eigenvalue weighted by molar-refractivity contribution is 0.556. The molecule has 79 heavy (non-hydrogen) atoms. The van der Waals surface area contributed by atoms with E-state index >= 15 is 0 Å². The fraction of sp³-hybridized carbons (Fsp3) is 0.342. The molecule has 10 rings (SSSR count). The van der Waals surface area contributed by atoms with Crippen molar-refractivity contribution in [3.05, 3.63) is 197 Å². The van der Waals surface area contributed by atoms with Gasteiger partial charge in [-0.1, -0.05) is 262 Å². The van der Waals surface area contributed by atoms with Gasteiger partial charge in [0, 0.05) is 58.1 Å². The van der Waals surface area contributed by atoms with Crippen LogP contribution in [0.1, 0.15) is 164 Å². The zero-order chi connectivity index (χ0) is 54.2. The lowest BCUT2D eigenvalue weighted by Crippen LogP contribution is -2.09. The minimum absolute atomic E-state index is 1.14. The molecular formula is C76H85NS2. The first-order valence-corrected chi connectivity index (χ1v) is 32.3. The van der Waals surface area contributed by atoms with Gasteiger partial charge in [0.2, 0.25) is 0 Å². The van der Waals surface area contributed by atoms with Crippen molar-refractivity contribution in [3.63, 3.8) is 0 Å². The number of nitrogens with zero attached hydrogens (tertiary/aromatic N) is 1. The summed E-state index contributed by atoms with van der Waals surface area (Å²) < 4.78 is 2.70. The predicted octanol–water partition coefficient (Wildman–Crippen LogP) is 25.0. The molecule has 0 saturated carbocycles. The summed E-state index contributed by atoms with van der Waals surface area (Å²) in [6.07, 6.45) is 29.7. The fourth-order valence-electron chi connectivity index (χ4n) is 12.2. The molecule has 0 aliphatic heterocycles. The molecule has 2 heterocycles. The third kappa shape index (κ3) is 14.0. The lowest BCUT2D eigenvalue weighted by atomic mass is 9.92. The van der Waals surface area contributed by atoms with Crippen LogP contribution in [0.5, 0.6) is 0 Å². The highest BCUT2D eigenvalue weighted by molar-refractivity contribution is 7.23. The molecule has 0 aliphatic rings. The van der Waals surface area contributed by atoms with E-state index in [0.717, 1.165) is 23.5 Å². The van der Waals surface area contributed by atoms with Crippen molar-refractivity contribution in [1.29, 1.82) is 0 Å². The van der Waals surface area contributed by atoms with Gasteiger partial charge in [-0.2, -0.15) is 0 Å². The molecule has 8 aromatic carbocycles. The Balaban J connectivity index is 0.960. The van der Waals surface area contributed by atoms with Gasteiger partial charge in [0.15, 0.2) is 0 Å². The Kier molecular flexibility index (Phi) is 20.0. The second kappa shape index (κ2) is 28.2. The molecular weight excluding hydrogens is 991 g/mol. The molecule has 0 saturated heterocycles. The van der Waals surface area contributed by atoms with Gasteiger partial charge in [-0.3, -0.25) is 0 Å². The van der Waals surface area contributed by atoms with E-state index in [4.69, 9.17) is 0 Å². The minimum atomic E-state index is 1.14. The first-order valence-electron chi connectivity index (χ1n) is 30.7. The van der Waals surface area contributed by atoms with Gasteiger partial charge in [0.25, 0.3) is 0 Å². The number of unbranched alkanes of at least 4 members (excludes halogenated alkanes) is 18. The number of benzene rings is 8. The first kappa shape index (κ1) is 56.0. The number of fused-ring (bicyclic) bond motifs is 5. The Hall–Kier alpha value is -6.26. The molecule has 0 amide bonds. The van der Waals surface area contributed by atoms with Crippen LogP contribution < -0.4 is 4.90 Å². The van der Waals surface area contributed by atoms with Crippen LogP contribution in [0.15, 0.2) is 176 Å². The molecule has 0 unspecified atom stereocenters. The zero-order valence-electron chi connectivity index (χ0n) is 48.1. The molecule has 1 nitrogen and oxygen atoms in total. The third-order valence-electron chi connectivity index (χ3n) is 16.7. The summed E-state index contributed by atoms with van der Waals surface area (Å²) in [4.78, 5) is 5.11. The van der Waals surface area contributed by atoms with E-state index in [1.165, 1.54) is 231 Å². The summed E-state index contributed by atoms with van der Waals surface area (Å²) in [5, 5.41) is 5.46. The van der Waals surface area contributed by atoms with Crippen molar-refractivity contribution in [1.82, 2.24) is 0 Å². The van der Waals surface area contributed by atoms with Crippen LogP contribution in [-0.2, 0) is 12.8 Å². The Morgan fingerprint density at radius 3 is 1.18 bits per heavy atom. The van der Waals surface area contributed by atoms with Crippen LogP contribution >= 0.6 is 22.7 Å². The van der Waals surface area contributed by atoms with Crippen LogP contribution in [0, 0.1) is 13.8 Å². The third-order valence-corrected chi connectivity index (χ3v) is 19.0. The van der Waals surface area contributed by atoms with Crippen LogP contribution in [0.4, 0.5) is 17.1 Å². The summed E-state index contributed by atoms with van der Waals surface area (Å²) in [7, 11) is 0. The summed E-state index contributed by atoms with van der Waals surface area (Å²) in [6.45, 7) is 9.10. The van der Waals surface area contributed by atoms with E-state index in [-0.39, 0.29) is 0 Å². The second-order valence-electron chi connectivity index (χ2n) is 22.7. The smallest absolute Gasteiger partial charge is 0.0462 e. The van der Waals surface area contributed by atoms with Crippen LogP contribution in [-0.4, -0.2) is 0 Å². The number of hydrogen-bond donors (Lipinski definition) is 0. The molecule has 10 aromatic rings. The maximum absolute atomic E-state index is 2.43. The van der Waals surface area contributed by atoms with Crippen molar-refractivity contribution in [2.75, 3.05) is 4.90 Å².